The first kappa shape index (κ1) is 18.5. The Balaban J connectivity index is 1.57. The van der Waals surface area contributed by atoms with Gasteiger partial charge in [0.1, 0.15) is 11.5 Å². The maximum absolute atomic E-state index is 12.6. The summed E-state index contributed by atoms with van der Waals surface area (Å²) >= 11 is 1.40. The summed E-state index contributed by atoms with van der Waals surface area (Å²) in [5.74, 6) is 1.42. The third kappa shape index (κ3) is 3.63. The molecular weight excluding hydrogens is 388 g/mol. The highest BCUT2D eigenvalue weighted by molar-refractivity contribution is 7.88. The molecular formula is C16H22N6O3S2. The molecule has 0 radical (unpaired) electrons. The summed E-state index contributed by atoms with van der Waals surface area (Å²) in [5, 5.41) is 10.4. The largest absolute Gasteiger partial charge is 0.335 e. The molecule has 2 aromatic rings. The maximum atomic E-state index is 12.6. The second-order valence-corrected chi connectivity index (χ2v) is 9.58. The fourth-order valence-electron chi connectivity index (χ4n) is 3.83. The van der Waals surface area contributed by atoms with Crippen LogP contribution in [0.1, 0.15) is 47.4 Å². The van der Waals surface area contributed by atoms with Crippen molar-refractivity contribution in [2.24, 2.45) is 0 Å². The van der Waals surface area contributed by atoms with E-state index in [0.717, 1.165) is 25.1 Å². The van der Waals surface area contributed by atoms with E-state index in [4.69, 9.17) is 0 Å². The maximum Gasteiger partial charge on any atom is 0.273 e. The summed E-state index contributed by atoms with van der Waals surface area (Å²) in [6, 6.07) is -0.282. The van der Waals surface area contributed by atoms with Gasteiger partial charge in [0, 0.05) is 38.0 Å². The number of nitrogens with zero attached hydrogens (tertiary/aromatic N) is 6. The third-order valence-electron chi connectivity index (χ3n) is 5.17. The topological polar surface area (TPSA) is 101 Å². The number of sulfonamides is 1. The predicted molar refractivity (Wildman–Crippen MR) is 99.9 cm³/mol. The molecule has 2 aromatic heterocycles. The molecule has 4 rings (SSSR count). The van der Waals surface area contributed by atoms with Crippen LogP contribution in [-0.2, 0) is 23.0 Å². The van der Waals surface area contributed by atoms with Gasteiger partial charge in [0.05, 0.1) is 17.8 Å². The average molecular weight is 411 g/mol. The second-order valence-electron chi connectivity index (χ2n) is 6.93. The Morgan fingerprint density at radius 3 is 2.78 bits per heavy atom. The van der Waals surface area contributed by atoms with Gasteiger partial charge >= 0.3 is 0 Å². The van der Waals surface area contributed by atoms with Gasteiger partial charge < -0.3 is 9.47 Å². The average Bonchev–Trinajstić information content (AvgIpc) is 3.27. The predicted octanol–water partition coefficient (Wildman–Crippen LogP) is 0.920. The van der Waals surface area contributed by atoms with Crippen molar-refractivity contribution in [3.63, 3.8) is 0 Å². The Labute approximate surface area is 162 Å². The number of hydrogen-bond donors (Lipinski definition) is 0. The Bertz CT molecular complexity index is 924. The van der Waals surface area contributed by atoms with Crippen LogP contribution in [0.2, 0.25) is 0 Å². The van der Waals surface area contributed by atoms with Crippen molar-refractivity contribution in [1.29, 1.82) is 0 Å². The molecule has 4 heterocycles. The monoisotopic (exact) mass is 410 g/mol. The van der Waals surface area contributed by atoms with Gasteiger partial charge in [-0.25, -0.2) is 13.4 Å². The van der Waals surface area contributed by atoms with Crippen molar-refractivity contribution in [3.05, 3.63) is 28.2 Å². The third-order valence-corrected chi connectivity index (χ3v) is 7.05. The van der Waals surface area contributed by atoms with E-state index in [-0.39, 0.29) is 11.9 Å². The van der Waals surface area contributed by atoms with E-state index in [1.807, 2.05) is 4.57 Å². The highest BCUT2D eigenvalue weighted by atomic mass is 32.2. The lowest BCUT2D eigenvalue weighted by Gasteiger charge is -2.33. The highest BCUT2D eigenvalue weighted by Gasteiger charge is 2.35. The number of thiazole rings is 1. The van der Waals surface area contributed by atoms with Gasteiger partial charge in [0.25, 0.3) is 5.91 Å². The molecule has 2 aliphatic heterocycles. The van der Waals surface area contributed by atoms with Crippen molar-refractivity contribution in [1.82, 2.24) is 29.0 Å². The van der Waals surface area contributed by atoms with Gasteiger partial charge in [-0.3, -0.25) is 4.79 Å². The van der Waals surface area contributed by atoms with Gasteiger partial charge in [-0.05, 0) is 12.8 Å². The summed E-state index contributed by atoms with van der Waals surface area (Å²) in [4.78, 5) is 18.5. The van der Waals surface area contributed by atoms with E-state index in [1.54, 1.807) is 15.8 Å². The van der Waals surface area contributed by atoms with Crippen LogP contribution < -0.4 is 0 Å². The van der Waals surface area contributed by atoms with Crippen LogP contribution in [0.15, 0.2) is 10.9 Å². The van der Waals surface area contributed by atoms with Gasteiger partial charge in [-0.2, -0.15) is 4.31 Å². The normalized spacial score (nSPS) is 21.7. The molecule has 0 aromatic carbocycles. The summed E-state index contributed by atoms with van der Waals surface area (Å²) in [5.41, 5.74) is 2.12. The molecule has 0 saturated carbocycles. The first-order valence-electron chi connectivity index (χ1n) is 9.01. The van der Waals surface area contributed by atoms with Gasteiger partial charge in [0.15, 0.2) is 5.82 Å². The molecule has 2 aliphatic rings. The zero-order valence-electron chi connectivity index (χ0n) is 15.1. The number of piperidine rings is 1. The number of amides is 1. The zero-order chi connectivity index (χ0) is 19.0. The molecule has 146 valence electrons. The van der Waals surface area contributed by atoms with Gasteiger partial charge in [-0.15, -0.1) is 21.5 Å². The SMILES string of the molecule is CS(=O)(=O)N1CCCCC1c1nnc2n1CCN(C(=O)c1cscn1)CC2. The number of carbonyl (C=O) groups excluding carboxylic acids is 1. The minimum atomic E-state index is -3.31. The van der Waals surface area contributed by atoms with Gasteiger partial charge in [-0.1, -0.05) is 6.42 Å². The number of fused-ring (bicyclic) bond motifs is 1. The fourth-order valence-corrected chi connectivity index (χ4v) is 5.48. The fraction of sp³-hybridized carbons (Fsp3) is 0.625. The van der Waals surface area contributed by atoms with Crippen LogP contribution in [0.3, 0.4) is 0 Å². The van der Waals surface area contributed by atoms with Crippen molar-refractivity contribution in [3.8, 4) is 0 Å². The lowest BCUT2D eigenvalue weighted by atomic mass is 10.0. The van der Waals surface area contributed by atoms with E-state index >= 15 is 0 Å². The van der Waals surface area contributed by atoms with E-state index < -0.39 is 10.0 Å². The van der Waals surface area contributed by atoms with Crippen molar-refractivity contribution in [2.45, 2.75) is 38.3 Å². The minimum Gasteiger partial charge on any atom is -0.335 e. The van der Waals surface area contributed by atoms with E-state index in [0.29, 0.717) is 44.1 Å². The molecule has 9 nitrogen and oxygen atoms in total. The lowest BCUT2D eigenvalue weighted by Crippen LogP contribution is -2.39. The van der Waals surface area contributed by atoms with Crippen molar-refractivity contribution >= 4 is 27.3 Å². The first-order valence-corrected chi connectivity index (χ1v) is 11.8. The number of carbonyl (C=O) groups is 1. The number of hydrogen-bond acceptors (Lipinski definition) is 7. The van der Waals surface area contributed by atoms with Crippen LogP contribution in [0, 0.1) is 0 Å². The molecule has 1 atom stereocenters. The van der Waals surface area contributed by atoms with Crippen LogP contribution in [0.25, 0.3) is 0 Å². The van der Waals surface area contributed by atoms with E-state index in [1.165, 1.54) is 21.9 Å². The Hall–Kier alpha value is -1.85. The summed E-state index contributed by atoms with van der Waals surface area (Å²) in [6.45, 7) is 2.15. The molecule has 0 bridgehead atoms. The van der Waals surface area contributed by atoms with Crippen LogP contribution in [0.5, 0.6) is 0 Å². The van der Waals surface area contributed by atoms with Gasteiger partial charge in [0.2, 0.25) is 10.0 Å². The molecule has 1 saturated heterocycles. The number of rotatable bonds is 3. The van der Waals surface area contributed by atoms with Crippen LogP contribution in [0.4, 0.5) is 0 Å². The highest BCUT2D eigenvalue weighted by Crippen LogP contribution is 2.32. The van der Waals surface area contributed by atoms with E-state index in [2.05, 4.69) is 15.2 Å². The van der Waals surface area contributed by atoms with Crippen LogP contribution >= 0.6 is 11.3 Å². The lowest BCUT2D eigenvalue weighted by molar-refractivity contribution is 0.0753. The van der Waals surface area contributed by atoms with Crippen LogP contribution in [-0.4, -0.2) is 69.2 Å². The number of aromatic nitrogens is 4. The Morgan fingerprint density at radius 1 is 1.19 bits per heavy atom. The van der Waals surface area contributed by atoms with Crippen molar-refractivity contribution in [2.75, 3.05) is 25.9 Å². The molecule has 1 unspecified atom stereocenters. The molecule has 0 spiro atoms. The Morgan fingerprint density at radius 2 is 2.04 bits per heavy atom. The molecule has 0 aliphatic carbocycles. The molecule has 1 amide bonds. The quantitative estimate of drug-likeness (QED) is 0.746. The summed E-state index contributed by atoms with van der Waals surface area (Å²) in [6.07, 6.45) is 4.41. The molecule has 1 fully saturated rings. The molecule has 11 heteroatoms. The smallest absolute Gasteiger partial charge is 0.273 e. The first-order chi connectivity index (χ1) is 12.9. The Kier molecular flexibility index (Phi) is 4.99. The molecule has 27 heavy (non-hydrogen) atoms. The van der Waals surface area contributed by atoms with Crippen molar-refractivity contribution < 1.29 is 13.2 Å². The summed E-state index contributed by atoms with van der Waals surface area (Å²) < 4.78 is 28.0. The standard InChI is InChI=1S/C16H22N6O3S2/c1-27(24,25)22-6-3-2-4-13(22)15-19-18-14-5-7-20(8-9-21(14)15)16(23)12-10-26-11-17-12/h10-11,13H,2-9H2,1H3. The summed E-state index contributed by atoms with van der Waals surface area (Å²) in [7, 11) is -3.31. The molecule has 0 N–H and O–H groups in total. The second kappa shape index (κ2) is 7.28. The van der Waals surface area contributed by atoms with E-state index in [9.17, 15) is 13.2 Å². The zero-order valence-corrected chi connectivity index (χ0v) is 16.7. The minimum absolute atomic E-state index is 0.0769.